The predicted molar refractivity (Wildman–Crippen MR) is 85.4 cm³/mol. The molecule has 2 heterocycles. The van der Waals surface area contributed by atoms with Gasteiger partial charge in [-0.25, -0.2) is 4.98 Å². The molecule has 2 atom stereocenters. The Morgan fingerprint density at radius 2 is 2.14 bits per heavy atom. The van der Waals surface area contributed by atoms with E-state index in [0.717, 1.165) is 47.4 Å². The third-order valence-corrected chi connectivity index (χ3v) is 5.36. The summed E-state index contributed by atoms with van der Waals surface area (Å²) in [5, 5.41) is 1.04. The molecule has 0 radical (unpaired) electrons. The Balaban J connectivity index is 1.94. The van der Waals surface area contributed by atoms with Gasteiger partial charge in [0.05, 0.1) is 11.1 Å². The fourth-order valence-electron chi connectivity index (χ4n) is 4.20. The first-order chi connectivity index (χ1) is 10.1. The molecule has 0 saturated heterocycles. The van der Waals surface area contributed by atoms with E-state index in [1.807, 2.05) is 6.92 Å². The summed E-state index contributed by atoms with van der Waals surface area (Å²) in [6.07, 6.45) is 7.01. The van der Waals surface area contributed by atoms with Crippen molar-refractivity contribution < 1.29 is 4.42 Å². The summed E-state index contributed by atoms with van der Waals surface area (Å²) in [7, 11) is 0. The van der Waals surface area contributed by atoms with Crippen molar-refractivity contribution in [3.05, 3.63) is 34.2 Å². The second-order valence-electron chi connectivity index (χ2n) is 6.63. The minimum atomic E-state index is 0.546. The second kappa shape index (κ2) is 4.36. The summed E-state index contributed by atoms with van der Waals surface area (Å²) >= 11 is 0. The number of aryl methyl sites for hydroxylation is 2. The van der Waals surface area contributed by atoms with Crippen molar-refractivity contribution in [1.82, 2.24) is 4.98 Å². The van der Waals surface area contributed by atoms with Gasteiger partial charge in [-0.05, 0) is 51.4 Å². The van der Waals surface area contributed by atoms with E-state index < -0.39 is 0 Å². The zero-order valence-electron chi connectivity index (χ0n) is 13.0. The third-order valence-electron chi connectivity index (χ3n) is 5.36. The number of allylic oxidation sites excluding steroid dienone is 2. The van der Waals surface area contributed by atoms with Gasteiger partial charge in [0.25, 0.3) is 0 Å². The van der Waals surface area contributed by atoms with Crippen LogP contribution in [0.2, 0.25) is 0 Å². The van der Waals surface area contributed by atoms with Crippen LogP contribution >= 0.6 is 0 Å². The van der Waals surface area contributed by atoms with Gasteiger partial charge in [0.1, 0.15) is 5.76 Å². The van der Waals surface area contributed by atoms with Crippen molar-refractivity contribution in [2.45, 2.75) is 52.4 Å². The number of furan rings is 1. The molecular formula is C18H22N2O. The highest BCUT2D eigenvalue weighted by molar-refractivity contribution is 5.93. The fraction of sp³-hybridized carbons (Fsp3) is 0.500. The first-order valence-electron chi connectivity index (χ1n) is 7.96. The van der Waals surface area contributed by atoms with E-state index in [0.29, 0.717) is 11.8 Å². The molecule has 4 rings (SSSR count). The first kappa shape index (κ1) is 12.9. The summed E-state index contributed by atoms with van der Waals surface area (Å²) in [4.78, 5) is 4.82. The van der Waals surface area contributed by atoms with Crippen molar-refractivity contribution in [3.63, 3.8) is 0 Å². The average Bonchev–Trinajstić information content (AvgIpc) is 2.73. The minimum Gasteiger partial charge on any atom is -0.443 e. The molecule has 2 bridgehead atoms. The van der Waals surface area contributed by atoms with E-state index in [2.05, 4.69) is 19.9 Å². The molecule has 0 fully saturated rings. The second-order valence-corrected chi connectivity index (χ2v) is 6.63. The van der Waals surface area contributed by atoms with E-state index in [9.17, 15) is 0 Å². The third kappa shape index (κ3) is 1.76. The molecule has 110 valence electrons. The Kier molecular flexibility index (Phi) is 2.69. The molecule has 0 spiro atoms. The van der Waals surface area contributed by atoms with Gasteiger partial charge in [-0.2, -0.15) is 0 Å². The van der Waals surface area contributed by atoms with Crippen molar-refractivity contribution in [3.8, 4) is 0 Å². The molecule has 0 aromatic carbocycles. The molecule has 2 unspecified atom stereocenters. The number of rotatable bonds is 1. The van der Waals surface area contributed by atoms with Crippen LogP contribution in [0.4, 0.5) is 5.69 Å². The lowest BCUT2D eigenvalue weighted by atomic mass is 9.70. The molecular weight excluding hydrogens is 260 g/mol. The maximum Gasteiger partial charge on any atom is 0.228 e. The number of nitrogens with zero attached hydrogens (tertiary/aromatic N) is 1. The smallest absolute Gasteiger partial charge is 0.228 e. The first-order valence-corrected chi connectivity index (χ1v) is 7.96. The van der Waals surface area contributed by atoms with Gasteiger partial charge < -0.3 is 10.2 Å². The van der Waals surface area contributed by atoms with Gasteiger partial charge in [-0.15, -0.1) is 0 Å². The van der Waals surface area contributed by atoms with E-state index >= 15 is 0 Å². The van der Waals surface area contributed by atoms with E-state index in [-0.39, 0.29) is 0 Å². The van der Waals surface area contributed by atoms with Gasteiger partial charge in [-0.1, -0.05) is 18.6 Å². The summed E-state index contributed by atoms with van der Waals surface area (Å²) in [6.45, 7) is 6.32. The maximum atomic E-state index is 6.56. The maximum absolute atomic E-state index is 6.56. The van der Waals surface area contributed by atoms with Crippen LogP contribution in [0.3, 0.4) is 0 Å². The number of nitrogen functional groups attached to an aromatic ring is 1. The number of nitrogens with two attached hydrogens (primary N) is 1. The average molecular weight is 282 g/mol. The van der Waals surface area contributed by atoms with Crippen LogP contribution in [0.25, 0.3) is 11.1 Å². The van der Waals surface area contributed by atoms with Gasteiger partial charge in [0, 0.05) is 16.8 Å². The van der Waals surface area contributed by atoms with Gasteiger partial charge in [0.15, 0.2) is 0 Å². The van der Waals surface area contributed by atoms with E-state index in [1.54, 1.807) is 5.57 Å². The topological polar surface area (TPSA) is 52.0 Å². The normalized spacial score (nSPS) is 24.0. The lowest BCUT2D eigenvalue weighted by Gasteiger charge is -2.35. The van der Waals surface area contributed by atoms with E-state index in [1.165, 1.54) is 17.7 Å². The largest absolute Gasteiger partial charge is 0.443 e. The summed E-state index contributed by atoms with van der Waals surface area (Å²) < 4.78 is 5.80. The molecule has 3 heteroatoms. The van der Waals surface area contributed by atoms with Crippen LogP contribution in [0.15, 0.2) is 16.1 Å². The highest BCUT2D eigenvalue weighted by atomic mass is 16.3. The van der Waals surface area contributed by atoms with Crippen molar-refractivity contribution in [2.24, 2.45) is 5.92 Å². The van der Waals surface area contributed by atoms with Crippen molar-refractivity contribution in [2.75, 3.05) is 5.73 Å². The number of pyridine rings is 1. The molecule has 2 N–H and O–H groups in total. The summed E-state index contributed by atoms with van der Waals surface area (Å²) in [6, 6.07) is 0. The lowest BCUT2D eigenvalue weighted by Crippen LogP contribution is -2.24. The van der Waals surface area contributed by atoms with Crippen LogP contribution in [-0.2, 0) is 6.42 Å². The van der Waals surface area contributed by atoms with Crippen LogP contribution in [0, 0.1) is 19.8 Å². The fourth-order valence-corrected chi connectivity index (χ4v) is 4.20. The Morgan fingerprint density at radius 3 is 2.90 bits per heavy atom. The molecule has 3 nitrogen and oxygen atoms in total. The molecule has 2 aliphatic rings. The highest BCUT2D eigenvalue weighted by Crippen LogP contribution is 2.47. The number of fused-ring (bicyclic) bond motifs is 5. The van der Waals surface area contributed by atoms with Crippen LogP contribution in [0.5, 0.6) is 0 Å². The predicted octanol–water partition coefficient (Wildman–Crippen LogP) is 4.41. The van der Waals surface area contributed by atoms with Crippen LogP contribution < -0.4 is 5.73 Å². The Labute approximate surface area is 125 Å². The molecule has 2 aliphatic carbocycles. The molecule has 0 amide bonds. The number of aromatic nitrogens is 1. The van der Waals surface area contributed by atoms with Gasteiger partial charge >= 0.3 is 0 Å². The molecule has 2 aromatic heterocycles. The van der Waals surface area contributed by atoms with Crippen LogP contribution in [-0.4, -0.2) is 4.98 Å². The summed E-state index contributed by atoms with van der Waals surface area (Å²) in [5.74, 6) is 2.11. The van der Waals surface area contributed by atoms with Crippen molar-refractivity contribution >= 4 is 16.8 Å². The van der Waals surface area contributed by atoms with Gasteiger partial charge in [-0.3, -0.25) is 0 Å². The molecule has 0 aliphatic heterocycles. The zero-order chi connectivity index (χ0) is 14.7. The Morgan fingerprint density at radius 1 is 1.33 bits per heavy atom. The quantitative estimate of drug-likeness (QED) is 0.788. The minimum absolute atomic E-state index is 0.546. The SMILES string of the molecule is CCC1=CC2Cc3nc4oc(C)c(C)c4c(N)c3C(C1)C2. The van der Waals surface area contributed by atoms with E-state index in [4.69, 9.17) is 15.1 Å². The Bertz CT molecular complexity index is 769. The Hall–Kier alpha value is -1.77. The summed E-state index contributed by atoms with van der Waals surface area (Å²) in [5.41, 5.74) is 13.4. The number of hydrogen-bond donors (Lipinski definition) is 1. The molecule has 0 saturated carbocycles. The number of hydrogen-bond acceptors (Lipinski definition) is 3. The zero-order valence-corrected chi connectivity index (χ0v) is 13.0. The van der Waals surface area contributed by atoms with Crippen LogP contribution in [0.1, 0.15) is 54.7 Å². The standard InChI is InChI=1S/C18H22N2O/c1-4-11-5-12-7-13(6-11)16-14(8-12)20-18-15(17(16)19)9(2)10(3)21-18/h5,12-13H,4,6-8H2,1-3H3,(H2,19,20). The number of anilines is 1. The highest BCUT2D eigenvalue weighted by Gasteiger charge is 2.34. The molecule has 21 heavy (non-hydrogen) atoms. The monoisotopic (exact) mass is 282 g/mol. The van der Waals surface area contributed by atoms with Crippen molar-refractivity contribution in [1.29, 1.82) is 0 Å². The lowest BCUT2D eigenvalue weighted by molar-refractivity contribution is 0.427. The van der Waals surface area contributed by atoms with Gasteiger partial charge in [0.2, 0.25) is 5.71 Å². The molecule has 2 aromatic rings.